The topological polar surface area (TPSA) is 9.23 Å². The van der Waals surface area contributed by atoms with Crippen molar-refractivity contribution in [2.45, 2.75) is 33.1 Å². The number of benzene rings is 1. The first kappa shape index (κ1) is 13.6. The largest absolute Gasteiger partial charge is 0.497 e. The van der Waals surface area contributed by atoms with E-state index in [1.807, 2.05) is 19.1 Å². The number of methoxy groups -OCH3 is 1. The summed E-state index contributed by atoms with van der Waals surface area (Å²) in [6, 6.07) is 8.29. The minimum atomic E-state index is 0.912. The Kier molecular flexibility index (Phi) is 6.16. The molecule has 0 fully saturated rings. The average Bonchev–Trinajstić information content (AvgIpc) is 2.39. The Morgan fingerprint density at radius 1 is 1.24 bits per heavy atom. The molecule has 1 aromatic rings. The Labute approximate surface area is 105 Å². The van der Waals surface area contributed by atoms with Gasteiger partial charge in [0.15, 0.2) is 0 Å². The van der Waals surface area contributed by atoms with Crippen LogP contribution in [0.3, 0.4) is 0 Å². The lowest BCUT2D eigenvalue weighted by Gasteiger charge is -2.07. The van der Waals surface area contributed by atoms with Gasteiger partial charge in [-0.3, -0.25) is 0 Å². The molecule has 0 bridgehead atoms. The number of unbranched alkanes of at least 4 members (excludes halogenated alkanes) is 1. The highest BCUT2D eigenvalue weighted by Crippen LogP contribution is 2.23. The summed E-state index contributed by atoms with van der Waals surface area (Å²) in [5.41, 5.74) is 2.69. The first-order chi connectivity index (χ1) is 8.31. The SMILES string of the molecule is C/C=C/C=C(\CCCC)c1ccc(OC)cc1. The van der Waals surface area contributed by atoms with E-state index < -0.39 is 0 Å². The molecule has 0 radical (unpaired) electrons. The van der Waals surface area contributed by atoms with E-state index in [0.29, 0.717) is 0 Å². The van der Waals surface area contributed by atoms with Crippen LogP contribution in [0.5, 0.6) is 5.75 Å². The minimum absolute atomic E-state index is 0.912. The van der Waals surface area contributed by atoms with E-state index in [-0.39, 0.29) is 0 Å². The molecule has 0 atom stereocenters. The van der Waals surface area contributed by atoms with Crippen LogP contribution in [0, 0.1) is 0 Å². The second-order valence-corrected chi connectivity index (χ2v) is 4.05. The van der Waals surface area contributed by atoms with Gasteiger partial charge in [-0.25, -0.2) is 0 Å². The first-order valence-corrected chi connectivity index (χ1v) is 6.28. The maximum Gasteiger partial charge on any atom is 0.118 e. The third-order valence-electron chi connectivity index (χ3n) is 2.75. The summed E-state index contributed by atoms with van der Waals surface area (Å²) in [5, 5.41) is 0. The van der Waals surface area contributed by atoms with Gasteiger partial charge < -0.3 is 4.74 Å². The number of hydrogen-bond acceptors (Lipinski definition) is 1. The van der Waals surface area contributed by atoms with Crippen LogP contribution in [0.15, 0.2) is 42.5 Å². The predicted molar refractivity (Wildman–Crippen MR) is 75.3 cm³/mol. The lowest BCUT2D eigenvalue weighted by molar-refractivity contribution is 0.415. The third kappa shape index (κ3) is 4.48. The maximum atomic E-state index is 5.18. The molecule has 0 heterocycles. The number of hydrogen-bond donors (Lipinski definition) is 0. The third-order valence-corrected chi connectivity index (χ3v) is 2.75. The standard InChI is InChI=1S/C16H22O/c1-4-6-8-14(9-7-5-2)15-10-12-16(17-3)13-11-15/h4,6,8,10-13H,5,7,9H2,1-3H3/b6-4+,14-8+. The molecule has 0 aromatic heterocycles. The van der Waals surface area contributed by atoms with Crippen molar-refractivity contribution in [2.24, 2.45) is 0 Å². The summed E-state index contributed by atoms with van der Waals surface area (Å²) in [6.45, 7) is 4.27. The zero-order chi connectivity index (χ0) is 12.5. The second-order valence-electron chi connectivity index (χ2n) is 4.05. The van der Waals surface area contributed by atoms with Gasteiger partial charge in [-0.05, 0) is 43.0 Å². The van der Waals surface area contributed by atoms with E-state index in [0.717, 1.165) is 12.2 Å². The number of ether oxygens (including phenoxy) is 1. The molecule has 1 nitrogen and oxygen atoms in total. The van der Waals surface area contributed by atoms with E-state index >= 15 is 0 Å². The van der Waals surface area contributed by atoms with Gasteiger partial charge in [-0.1, -0.05) is 43.7 Å². The van der Waals surface area contributed by atoms with Gasteiger partial charge in [-0.15, -0.1) is 0 Å². The zero-order valence-electron chi connectivity index (χ0n) is 11.1. The summed E-state index contributed by atoms with van der Waals surface area (Å²) >= 11 is 0. The van der Waals surface area contributed by atoms with Gasteiger partial charge in [-0.2, -0.15) is 0 Å². The van der Waals surface area contributed by atoms with E-state index in [1.54, 1.807) is 7.11 Å². The van der Waals surface area contributed by atoms with Gasteiger partial charge in [0.25, 0.3) is 0 Å². The van der Waals surface area contributed by atoms with Crippen molar-refractivity contribution >= 4 is 5.57 Å². The summed E-state index contributed by atoms with van der Waals surface area (Å²) in [7, 11) is 1.70. The molecule has 1 heteroatoms. The van der Waals surface area contributed by atoms with Crippen molar-refractivity contribution < 1.29 is 4.74 Å². The summed E-state index contributed by atoms with van der Waals surface area (Å²) in [4.78, 5) is 0. The lowest BCUT2D eigenvalue weighted by Crippen LogP contribution is -1.87. The molecule has 0 aliphatic rings. The summed E-state index contributed by atoms with van der Waals surface area (Å²) in [6.07, 6.45) is 9.97. The summed E-state index contributed by atoms with van der Waals surface area (Å²) in [5.74, 6) is 0.912. The molecule has 0 N–H and O–H groups in total. The molecule has 0 aliphatic carbocycles. The molecule has 0 aliphatic heterocycles. The quantitative estimate of drug-likeness (QED) is 0.635. The second kappa shape index (κ2) is 7.72. The van der Waals surface area contributed by atoms with Crippen LogP contribution in [0.2, 0.25) is 0 Å². The first-order valence-electron chi connectivity index (χ1n) is 6.28. The molecule has 92 valence electrons. The van der Waals surface area contributed by atoms with Gasteiger partial charge in [0.2, 0.25) is 0 Å². The van der Waals surface area contributed by atoms with E-state index in [1.165, 1.54) is 24.0 Å². The zero-order valence-corrected chi connectivity index (χ0v) is 11.1. The van der Waals surface area contributed by atoms with E-state index in [4.69, 9.17) is 4.74 Å². The Bertz CT molecular complexity index is 371. The monoisotopic (exact) mass is 230 g/mol. The van der Waals surface area contributed by atoms with Gasteiger partial charge in [0.05, 0.1) is 7.11 Å². The van der Waals surface area contributed by atoms with Gasteiger partial charge in [0, 0.05) is 0 Å². The fourth-order valence-corrected chi connectivity index (χ4v) is 1.71. The fraction of sp³-hybridized carbons (Fsp3) is 0.375. The number of allylic oxidation sites excluding steroid dienone is 4. The Balaban J connectivity index is 2.87. The van der Waals surface area contributed by atoms with Gasteiger partial charge >= 0.3 is 0 Å². The molecule has 0 saturated carbocycles. The smallest absolute Gasteiger partial charge is 0.118 e. The van der Waals surface area contributed by atoms with Gasteiger partial charge in [0.1, 0.15) is 5.75 Å². The molecular formula is C16H22O. The molecule has 1 aromatic carbocycles. The molecule has 0 amide bonds. The highest BCUT2D eigenvalue weighted by molar-refractivity contribution is 5.67. The van der Waals surface area contributed by atoms with Crippen LogP contribution in [0.1, 0.15) is 38.7 Å². The van der Waals surface area contributed by atoms with Crippen molar-refractivity contribution in [3.8, 4) is 5.75 Å². The highest BCUT2D eigenvalue weighted by Gasteiger charge is 2.00. The van der Waals surface area contributed by atoms with E-state index in [2.05, 4.69) is 37.3 Å². The maximum absolute atomic E-state index is 5.18. The lowest BCUT2D eigenvalue weighted by atomic mass is 10.00. The Hall–Kier alpha value is -1.50. The highest BCUT2D eigenvalue weighted by atomic mass is 16.5. The van der Waals surface area contributed by atoms with E-state index in [9.17, 15) is 0 Å². The van der Waals surface area contributed by atoms with Crippen molar-refractivity contribution in [2.75, 3.05) is 7.11 Å². The van der Waals surface area contributed by atoms with Crippen LogP contribution < -0.4 is 4.74 Å². The predicted octanol–water partition coefficient (Wildman–Crippen LogP) is 4.84. The van der Waals surface area contributed by atoms with Crippen LogP contribution >= 0.6 is 0 Å². The van der Waals surface area contributed by atoms with Crippen molar-refractivity contribution in [3.63, 3.8) is 0 Å². The van der Waals surface area contributed by atoms with Crippen molar-refractivity contribution in [1.29, 1.82) is 0 Å². The van der Waals surface area contributed by atoms with Crippen molar-refractivity contribution in [3.05, 3.63) is 48.1 Å². The molecule has 1 rings (SSSR count). The van der Waals surface area contributed by atoms with Crippen LogP contribution in [-0.2, 0) is 0 Å². The number of rotatable bonds is 6. The van der Waals surface area contributed by atoms with Crippen LogP contribution in [-0.4, -0.2) is 7.11 Å². The molecule has 0 unspecified atom stereocenters. The fourth-order valence-electron chi connectivity index (χ4n) is 1.71. The summed E-state index contributed by atoms with van der Waals surface area (Å²) < 4.78 is 5.18. The van der Waals surface area contributed by atoms with Crippen LogP contribution in [0.25, 0.3) is 5.57 Å². The van der Waals surface area contributed by atoms with Crippen LogP contribution in [0.4, 0.5) is 0 Å². The molecule has 0 saturated heterocycles. The van der Waals surface area contributed by atoms with Crippen molar-refractivity contribution in [1.82, 2.24) is 0 Å². The molecular weight excluding hydrogens is 208 g/mol. The molecule has 0 spiro atoms. The molecule has 17 heavy (non-hydrogen) atoms. The minimum Gasteiger partial charge on any atom is -0.497 e. The normalized spacial score (nSPS) is 12.1. The average molecular weight is 230 g/mol. The Morgan fingerprint density at radius 3 is 2.47 bits per heavy atom. The Morgan fingerprint density at radius 2 is 1.94 bits per heavy atom.